The van der Waals surface area contributed by atoms with Crippen LogP contribution in [0.4, 0.5) is 28.4 Å². The number of nitrogens with two attached hydrogens (primary N) is 1. The van der Waals surface area contributed by atoms with E-state index in [9.17, 15) is 15.2 Å². The molecule has 0 spiro atoms. The second-order valence-electron chi connectivity index (χ2n) is 7.60. The summed E-state index contributed by atoms with van der Waals surface area (Å²) in [7, 11) is 0. The molecular formula is C25H26ClN5O3. The molecule has 0 aliphatic rings. The van der Waals surface area contributed by atoms with Gasteiger partial charge in [-0.3, -0.25) is 14.6 Å². The second kappa shape index (κ2) is 11.2. The zero-order chi connectivity index (χ0) is 24.0. The van der Waals surface area contributed by atoms with Crippen molar-refractivity contribution >= 4 is 39.2 Å². The average molecular weight is 480 g/mol. The first-order valence-corrected chi connectivity index (χ1v) is 10.3. The molecule has 0 saturated heterocycles. The van der Waals surface area contributed by atoms with Crippen molar-refractivity contribution in [3.8, 4) is 5.75 Å². The third kappa shape index (κ3) is 5.31. The lowest BCUT2D eigenvalue weighted by atomic mass is 10.1. The fourth-order valence-corrected chi connectivity index (χ4v) is 3.84. The highest BCUT2D eigenvalue weighted by Crippen LogP contribution is 2.40. The Kier molecular flexibility index (Phi) is 8.66. The molecule has 0 atom stereocenters. The topological polar surface area (TPSA) is 114 Å². The first-order valence-electron chi connectivity index (χ1n) is 10.3. The number of phenolic OH excluding ortho intramolecular Hbond substituents is 1. The van der Waals surface area contributed by atoms with Gasteiger partial charge in [0.25, 0.3) is 5.69 Å². The standard InChI is InChI=1S/C25H25N5O3.ClH/c1-4-13-30(14-5-2,15-6-3)20-10-7-18-8-12-24(31)25(21(18)17-20)28-27-22-11-9-19(26)16-23(22)29(32)33;/h4-12,16-17H,1-3,13-15H2,(H2-,26,27,28,31);1H. The molecule has 0 amide bonds. The van der Waals surface area contributed by atoms with Crippen LogP contribution in [0.5, 0.6) is 5.75 Å². The second-order valence-corrected chi connectivity index (χ2v) is 7.60. The lowest BCUT2D eigenvalue weighted by Gasteiger charge is -2.35. The summed E-state index contributed by atoms with van der Waals surface area (Å²) in [6.07, 6.45) is 5.54. The molecule has 0 radical (unpaired) electrons. The molecular weight excluding hydrogens is 454 g/mol. The minimum Gasteiger partial charge on any atom is -1.00 e. The highest BCUT2D eigenvalue weighted by Gasteiger charge is 2.27. The number of fused-ring (bicyclic) bond motifs is 1. The zero-order valence-electron chi connectivity index (χ0n) is 18.6. The van der Waals surface area contributed by atoms with Gasteiger partial charge in [-0.1, -0.05) is 25.8 Å². The van der Waals surface area contributed by atoms with E-state index in [0.717, 1.165) is 11.1 Å². The van der Waals surface area contributed by atoms with Crippen molar-refractivity contribution < 1.29 is 22.4 Å². The molecule has 0 heterocycles. The normalized spacial score (nSPS) is 11.2. The number of halogens is 1. The predicted octanol–water partition coefficient (Wildman–Crippen LogP) is 3.32. The molecule has 9 heteroatoms. The number of phenols is 1. The number of benzene rings is 3. The fourth-order valence-electron chi connectivity index (χ4n) is 3.84. The Balaban J connectivity index is 0.00000408. The van der Waals surface area contributed by atoms with Crippen LogP contribution in [0.2, 0.25) is 0 Å². The molecule has 3 aromatic rings. The van der Waals surface area contributed by atoms with E-state index in [1.165, 1.54) is 24.3 Å². The van der Waals surface area contributed by atoms with Gasteiger partial charge in [-0.15, -0.1) is 10.2 Å². The van der Waals surface area contributed by atoms with Crippen LogP contribution < -0.4 is 22.6 Å². The minimum absolute atomic E-state index is 0. The van der Waals surface area contributed by atoms with Crippen molar-refractivity contribution in [1.29, 1.82) is 0 Å². The van der Waals surface area contributed by atoms with Crippen molar-refractivity contribution in [2.45, 2.75) is 0 Å². The summed E-state index contributed by atoms with van der Waals surface area (Å²) in [4.78, 5) is 10.8. The molecule has 34 heavy (non-hydrogen) atoms. The number of aromatic hydroxyl groups is 1. The molecule has 3 aromatic carbocycles. The molecule has 0 saturated carbocycles. The minimum atomic E-state index is -0.572. The third-order valence-corrected chi connectivity index (χ3v) is 5.39. The van der Waals surface area contributed by atoms with E-state index < -0.39 is 4.92 Å². The van der Waals surface area contributed by atoms with Crippen LogP contribution >= 0.6 is 0 Å². The summed E-state index contributed by atoms with van der Waals surface area (Å²) in [6, 6.07) is 13.4. The highest BCUT2D eigenvalue weighted by molar-refractivity contribution is 5.97. The van der Waals surface area contributed by atoms with Crippen molar-refractivity contribution in [3.63, 3.8) is 0 Å². The van der Waals surface area contributed by atoms with Crippen LogP contribution in [0, 0.1) is 10.1 Å². The number of nitrogen functional groups attached to an aromatic ring is 1. The van der Waals surface area contributed by atoms with Crippen LogP contribution in [0.3, 0.4) is 0 Å². The van der Waals surface area contributed by atoms with Gasteiger partial charge >= 0.3 is 0 Å². The molecule has 3 N–H and O–H groups in total. The summed E-state index contributed by atoms with van der Waals surface area (Å²) < 4.78 is 0.516. The van der Waals surface area contributed by atoms with Gasteiger partial charge in [0.05, 0.1) is 4.92 Å². The van der Waals surface area contributed by atoms with Crippen molar-refractivity contribution in [3.05, 3.63) is 96.6 Å². The van der Waals surface area contributed by atoms with Crippen LogP contribution in [0.25, 0.3) is 10.8 Å². The van der Waals surface area contributed by atoms with E-state index >= 15 is 0 Å². The number of hydrogen-bond donors (Lipinski definition) is 2. The van der Waals surface area contributed by atoms with E-state index in [1.54, 1.807) is 6.07 Å². The van der Waals surface area contributed by atoms with E-state index in [2.05, 4.69) is 30.0 Å². The maximum atomic E-state index is 11.4. The first-order chi connectivity index (χ1) is 15.8. The number of rotatable bonds is 10. The predicted molar refractivity (Wildman–Crippen MR) is 134 cm³/mol. The maximum absolute atomic E-state index is 11.4. The number of anilines is 1. The number of nitro groups is 1. The summed E-state index contributed by atoms with van der Waals surface area (Å²) in [5.41, 5.74) is 6.86. The molecule has 8 nitrogen and oxygen atoms in total. The smallest absolute Gasteiger partial charge is 0.298 e. The largest absolute Gasteiger partial charge is 1.00 e. The van der Waals surface area contributed by atoms with Crippen molar-refractivity contribution in [1.82, 2.24) is 4.48 Å². The lowest BCUT2D eigenvalue weighted by molar-refractivity contribution is -0.384. The summed E-state index contributed by atoms with van der Waals surface area (Å²) in [5.74, 6) is -0.0873. The number of hydrogen-bond acceptors (Lipinski definition) is 6. The number of nitrogens with zero attached hydrogens (tertiary/aromatic N) is 4. The Bertz CT molecular complexity index is 1250. The fraction of sp³-hybridized carbons (Fsp3) is 0.120. The van der Waals surface area contributed by atoms with Gasteiger partial charge in [0, 0.05) is 23.2 Å². The van der Waals surface area contributed by atoms with Gasteiger partial charge in [0.15, 0.2) is 5.69 Å². The molecule has 0 aliphatic heterocycles. The van der Waals surface area contributed by atoms with E-state index in [-0.39, 0.29) is 40.9 Å². The SMILES string of the molecule is C=CC[N+](CC=C)(CC=C)c1ccc2ccc(O)c(N=Nc3ccc(N)cc3[N+](=O)[O-])c2c1.[Cl-]. The van der Waals surface area contributed by atoms with Crippen molar-refractivity contribution in [2.75, 3.05) is 25.4 Å². The Hall–Kier alpha value is -4.01. The highest BCUT2D eigenvalue weighted by atomic mass is 35.5. The van der Waals surface area contributed by atoms with Gasteiger partial charge in [-0.2, -0.15) is 0 Å². The van der Waals surface area contributed by atoms with Gasteiger partial charge < -0.3 is 23.2 Å². The van der Waals surface area contributed by atoms with Crippen LogP contribution in [0.1, 0.15) is 0 Å². The first kappa shape index (κ1) is 26.2. The molecule has 0 fully saturated rings. The molecule has 176 valence electrons. The Labute approximate surface area is 204 Å². The van der Waals surface area contributed by atoms with Gasteiger partial charge in [0.1, 0.15) is 36.8 Å². The van der Waals surface area contributed by atoms with Crippen LogP contribution in [0.15, 0.2) is 96.7 Å². The average Bonchev–Trinajstić information content (AvgIpc) is 2.79. The Morgan fingerprint density at radius 1 is 0.971 bits per heavy atom. The van der Waals surface area contributed by atoms with E-state index in [4.69, 9.17) is 5.73 Å². The monoisotopic (exact) mass is 479 g/mol. The van der Waals surface area contributed by atoms with Gasteiger partial charge in [-0.05, 0) is 53.9 Å². The number of nitro benzene ring substituents is 1. The molecule has 0 aliphatic carbocycles. The molecule has 0 unspecified atom stereocenters. The third-order valence-electron chi connectivity index (χ3n) is 5.39. The maximum Gasteiger partial charge on any atom is 0.298 e. The Morgan fingerprint density at radius 3 is 2.18 bits per heavy atom. The number of quaternary nitrogens is 1. The van der Waals surface area contributed by atoms with Crippen molar-refractivity contribution in [2.24, 2.45) is 10.2 Å². The van der Waals surface area contributed by atoms with E-state index in [1.807, 2.05) is 36.4 Å². The van der Waals surface area contributed by atoms with Crippen LogP contribution in [-0.4, -0.2) is 29.7 Å². The van der Waals surface area contributed by atoms with Crippen LogP contribution in [-0.2, 0) is 0 Å². The summed E-state index contributed by atoms with van der Waals surface area (Å²) in [6.45, 7) is 13.6. The van der Waals surface area contributed by atoms with Gasteiger partial charge in [0.2, 0.25) is 0 Å². The summed E-state index contributed by atoms with van der Waals surface area (Å²) >= 11 is 0. The van der Waals surface area contributed by atoms with E-state index in [0.29, 0.717) is 29.5 Å². The molecule has 0 aromatic heterocycles. The molecule has 3 rings (SSSR count). The quantitative estimate of drug-likeness (QED) is 0.116. The summed E-state index contributed by atoms with van der Waals surface area (Å²) in [5, 5.41) is 31.7. The zero-order valence-corrected chi connectivity index (χ0v) is 19.4. The Morgan fingerprint density at radius 2 is 1.59 bits per heavy atom. The van der Waals surface area contributed by atoms with Gasteiger partial charge in [-0.25, -0.2) is 0 Å². The number of azo groups is 1. The molecule has 0 bridgehead atoms. The lowest BCUT2D eigenvalue weighted by Crippen LogP contribution is -3.00.